The summed E-state index contributed by atoms with van der Waals surface area (Å²) in [4.78, 5) is 22.6. The second-order valence-electron chi connectivity index (χ2n) is 4.04. The monoisotopic (exact) mass is 343 g/mol. The minimum absolute atomic E-state index is 0.0506. The molecular formula is C13H8F3N3O3S. The summed E-state index contributed by atoms with van der Waals surface area (Å²) >= 11 is 0.834. The maximum absolute atomic E-state index is 13.0. The van der Waals surface area contributed by atoms with E-state index in [-0.39, 0.29) is 15.6 Å². The molecular weight excluding hydrogens is 335 g/mol. The number of amides is 1. The molecule has 120 valence electrons. The molecule has 1 aromatic carbocycles. The van der Waals surface area contributed by atoms with Crippen LogP contribution in [0.2, 0.25) is 0 Å². The third-order valence-corrected chi connectivity index (χ3v) is 3.36. The number of rotatable bonds is 3. The number of nitrogens with zero attached hydrogens (tertiary/aromatic N) is 2. The van der Waals surface area contributed by atoms with Crippen molar-refractivity contribution >= 4 is 35.0 Å². The van der Waals surface area contributed by atoms with Gasteiger partial charge in [0.2, 0.25) is 0 Å². The zero-order valence-corrected chi connectivity index (χ0v) is 12.3. The van der Waals surface area contributed by atoms with E-state index in [1.165, 1.54) is 0 Å². The van der Waals surface area contributed by atoms with Crippen molar-refractivity contribution in [2.24, 2.45) is 10.2 Å². The highest BCUT2D eigenvalue weighted by Crippen LogP contribution is 2.23. The summed E-state index contributed by atoms with van der Waals surface area (Å²) in [5.74, 6) is -5.56. The molecule has 0 radical (unpaired) electrons. The van der Waals surface area contributed by atoms with Crippen molar-refractivity contribution in [1.29, 1.82) is 0 Å². The number of methoxy groups -OCH3 is 1. The zero-order valence-electron chi connectivity index (χ0n) is 11.5. The molecule has 0 atom stereocenters. The molecule has 1 aliphatic rings. The van der Waals surface area contributed by atoms with Gasteiger partial charge in [0.25, 0.3) is 5.91 Å². The van der Waals surface area contributed by atoms with Crippen molar-refractivity contribution in [2.75, 3.05) is 7.11 Å². The van der Waals surface area contributed by atoms with Crippen LogP contribution in [0.4, 0.5) is 13.2 Å². The number of amidine groups is 1. The first-order valence-corrected chi connectivity index (χ1v) is 6.76. The number of nitrogens with one attached hydrogen (secondary N) is 1. The number of carbonyl (C=O) groups is 2. The van der Waals surface area contributed by atoms with Gasteiger partial charge in [-0.05, 0) is 23.9 Å². The van der Waals surface area contributed by atoms with Crippen LogP contribution in [-0.4, -0.2) is 30.4 Å². The largest absolute Gasteiger partial charge is 0.466 e. The Morgan fingerprint density at radius 1 is 1.30 bits per heavy atom. The smallest absolute Gasteiger partial charge is 0.331 e. The van der Waals surface area contributed by atoms with Gasteiger partial charge in [0.1, 0.15) is 0 Å². The minimum Gasteiger partial charge on any atom is -0.466 e. The van der Waals surface area contributed by atoms with Crippen molar-refractivity contribution in [3.63, 3.8) is 0 Å². The average Bonchev–Trinajstić information content (AvgIpc) is 2.84. The van der Waals surface area contributed by atoms with Gasteiger partial charge < -0.3 is 4.74 Å². The molecule has 6 nitrogen and oxygen atoms in total. The number of ether oxygens (including phenoxy) is 1. The van der Waals surface area contributed by atoms with Gasteiger partial charge in [0, 0.05) is 11.6 Å². The van der Waals surface area contributed by atoms with E-state index in [4.69, 9.17) is 0 Å². The van der Waals surface area contributed by atoms with E-state index in [9.17, 15) is 22.8 Å². The molecule has 0 aromatic heterocycles. The van der Waals surface area contributed by atoms with Gasteiger partial charge in [-0.3, -0.25) is 10.1 Å². The Kier molecular flexibility index (Phi) is 5.16. The van der Waals surface area contributed by atoms with Crippen molar-refractivity contribution in [1.82, 2.24) is 5.32 Å². The van der Waals surface area contributed by atoms with Crippen LogP contribution < -0.4 is 5.32 Å². The van der Waals surface area contributed by atoms with Gasteiger partial charge >= 0.3 is 5.97 Å². The molecule has 0 aliphatic carbocycles. The number of esters is 1. The maximum atomic E-state index is 13.0. The number of carbonyl (C=O) groups excluding carboxylic acids is 2. The van der Waals surface area contributed by atoms with Crippen molar-refractivity contribution in [3.05, 3.63) is 46.1 Å². The SMILES string of the molecule is COC(=O)/C=C1/S/C(=N\N=Cc2cc(F)c(F)c(F)c2)NC1=O. The van der Waals surface area contributed by atoms with Gasteiger partial charge in [-0.1, -0.05) is 0 Å². The second-order valence-corrected chi connectivity index (χ2v) is 5.07. The van der Waals surface area contributed by atoms with Gasteiger partial charge in [-0.2, -0.15) is 5.10 Å². The molecule has 0 saturated carbocycles. The quantitative estimate of drug-likeness (QED) is 0.298. The van der Waals surface area contributed by atoms with Gasteiger partial charge in [-0.15, -0.1) is 5.10 Å². The lowest BCUT2D eigenvalue weighted by molar-refractivity contribution is -0.135. The van der Waals surface area contributed by atoms with Crippen LogP contribution in [0.25, 0.3) is 0 Å². The van der Waals surface area contributed by atoms with Gasteiger partial charge in [0.15, 0.2) is 22.6 Å². The lowest BCUT2D eigenvalue weighted by Crippen LogP contribution is -2.19. The number of thioether (sulfide) groups is 1. The molecule has 23 heavy (non-hydrogen) atoms. The number of hydrogen-bond donors (Lipinski definition) is 1. The first-order chi connectivity index (χ1) is 10.9. The first kappa shape index (κ1) is 16.7. The van der Waals surface area contributed by atoms with Crippen molar-refractivity contribution < 1.29 is 27.5 Å². The molecule has 1 saturated heterocycles. The number of benzene rings is 1. The van der Waals surface area contributed by atoms with Crippen LogP contribution in [0, 0.1) is 17.5 Å². The van der Waals surface area contributed by atoms with E-state index in [1.807, 2.05) is 0 Å². The molecule has 0 spiro atoms. The summed E-state index contributed by atoms with van der Waals surface area (Å²) in [6.07, 6.45) is 1.96. The molecule has 1 fully saturated rings. The van der Waals surface area contributed by atoms with Crippen LogP contribution in [0.3, 0.4) is 0 Å². The topological polar surface area (TPSA) is 80.1 Å². The molecule has 2 rings (SSSR count). The summed E-state index contributed by atoms with van der Waals surface area (Å²) in [5, 5.41) is 9.54. The van der Waals surface area contributed by atoms with E-state index in [2.05, 4.69) is 20.3 Å². The predicted octanol–water partition coefficient (Wildman–Crippen LogP) is 1.71. The Hall–Kier alpha value is -2.62. The minimum atomic E-state index is -1.58. The fourth-order valence-corrected chi connectivity index (χ4v) is 2.18. The van der Waals surface area contributed by atoms with Crippen LogP contribution >= 0.6 is 11.8 Å². The Labute approximate surface area is 132 Å². The summed E-state index contributed by atoms with van der Waals surface area (Å²) in [6.45, 7) is 0. The van der Waals surface area contributed by atoms with E-state index < -0.39 is 29.3 Å². The second kappa shape index (κ2) is 7.09. The molecule has 1 amide bonds. The van der Waals surface area contributed by atoms with E-state index >= 15 is 0 Å². The third kappa shape index (κ3) is 4.19. The van der Waals surface area contributed by atoms with Crippen molar-refractivity contribution in [3.8, 4) is 0 Å². The van der Waals surface area contributed by atoms with E-state index in [0.29, 0.717) is 0 Å². The van der Waals surface area contributed by atoms with Gasteiger partial charge in [-0.25, -0.2) is 18.0 Å². The third-order valence-electron chi connectivity index (χ3n) is 2.46. The number of hydrogen-bond acceptors (Lipinski definition) is 6. The Morgan fingerprint density at radius 3 is 2.57 bits per heavy atom. The summed E-state index contributed by atoms with van der Waals surface area (Å²) < 4.78 is 43.2. The Morgan fingerprint density at radius 2 is 1.96 bits per heavy atom. The Balaban J connectivity index is 2.11. The molecule has 1 aliphatic heterocycles. The maximum Gasteiger partial charge on any atom is 0.331 e. The molecule has 0 bridgehead atoms. The first-order valence-electron chi connectivity index (χ1n) is 5.95. The standard InChI is InChI=1S/C13H8F3N3O3S/c1-22-10(20)4-9-12(21)18-13(23-9)19-17-5-6-2-7(14)11(16)8(15)3-6/h2-5H,1H3,(H,18,19,21)/b9-4+,17-5?. The van der Waals surface area contributed by atoms with Crippen LogP contribution in [-0.2, 0) is 14.3 Å². The summed E-state index contributed by atoms with van der Waals surface area (Å²) in [6, 6.07) is 1.48. The summed E-state index contributed by atoms with van der Waals surface area (Å²) in [7, 11) is 1.16. The van der Waals surface area contributed by atoms with Crippen LogP contribution in [0.1, 0.15) is 5.56 Å². The molecule has 0 unspecified atom stereocenters. The highest BCUT2D eigenvalue weighted by Gasteiger charge is 2.25. The van der Waals surface area contributed by atoms with Crippen molar-refractivity contribution in [2.45, 2.75) is 0 Å². The molecule has 1 N–H and O–H groups in total. The lowest BCUT2D eigenvalue weighted by Gasteiger charge is -1.96. The van der Waals surface area contributed by atoms with Crippen LogP contribution in [0.15, 0.2) is 33.3 Å². The average molecular weight is 343 g/mol. The lowest BCUT2D eigenvalue weighted by atomic mass is 10.2. The van der Waals surface area contributed by atoms with Crippen LogP contribution in [0.5, 0.6) is 0 Å². The fourth-order valence-electron chi connectivity index (χ4n) is 1.44. The number of halogens is 3. The molecule has 1 aromatic rings. The molecule has 10 heteroatoms. The highest BCUT2D eigenvalue weighted by molar-refractivity contribution is 8.18. The normalized spacial score (nSPS) is 18.0. The Bertz CT molecular complexity index is 739. The molecule has 1 heterocycles. The fraction of sp³-hybridized carbons (Fsp3) is 0.0769. The van der Waals surface area contributed by atoms with E-state index in [0.717, 1.165) is 43.3 Å². The predicted molar refractivity (Wildman–Crippen MR) is 77.2 cm³/mol. The summed E-state index contributed by atoms with van der Waals surface area (Å²) in [5.41, 5.74) is -0.0506. The van der Waals surface area contributed by atoms with E-state index in [1.54, 1.807) is 0 Å². The zero-order chi connectivity index (χ0) is 17.0. The van der Waals surface area contributed by atoms with Gasteiger partial charge in [0.05, 0.1) is 18.2 Å². The highest BCUT2D eigenvalue weighted by atomic mass is 32.2.